The molecule has 0 N–H and O–H groups in total. The fourth-order valence-corrected chi connectivity index (χ4v) is 1.63. The second-order valence-corrected chi connectivity index (χ2v) is 3.63. The lowest BCUT2D eigenvalue weighted by Gasteiger charge is -2.19. The van der Waals surface area contributed by atoms with Crippen molar-refractivity contribution >= 4 is 12.0 Å². The molecule has 2 amide bonds. The number of ether oxygens (including phenoxy) is 1. The van der Waals surface area contributed by atoms with Gasteiger partial charge in [-0.15, -0.1) is 0 Å². The molecule has 15 heavy (non-hydrogen) atoms. The average Bonchev–Trinajstić information content (AvgIpc) is 2.45. The molecule has 1 aliphatic heterocycles. The zero-order valence-corrected chi connectivity index (χ0v) is 8.56. The number of hydrogen-bond acceptors (Lipinski definition) is 3. The van der Waals surface area contributed by atoms with Gasteiger partial charge in [-0.3, -0.25) is 4.79 Å². The molecule has 1 saturated heterocycles. The van der Waals surface area contributed by atoms with Gasteiger partial charge in [-0.05, 0) is 6.92 Å². The quantitative estimate of drug-likeness (QED) is 0.698. The van der Waals surface area contributed by atoms with Gasteiger partial charge in [0.1, 0.15) is 0 Å². The highest BCUT2D eigenvalue weighted by atomic mass is 16.6. The van der Waals surface area contributed by atoms with E-state index in [2.05, 4.69) is 0 Å². The normalized spacial score (nSPS) is 25.6. The molecule has 0 unspecified atom stereocenters. The summed E-state index contributed by atoms with van der Waals surface area (Å²) in [5, 5.41) is 0. The average molecular weight is 205 g/mol. The molecule has 78 valence electrons. The standard InChI is InChI=1S/C11H11NO3/c1-11(8-6-4-3-5-7-8)9(13)12(2)10(14)15-11/h3-7H,1-2H3/t11-/m1/s1. The van der Waals surface area contributed by atoms with Crippen molar-refractivity contribution in [1.82, 2.24) is 4.90 Å². The van der Waals surface area contributed by atoms with Crippen LogP contribution in [0.25, 0.3) is 0 Å². The first kappa shape index (κ1) is 9.71. The van der Waals surface area contributed by atoms with E-state index in [0.717, 1.165) is 4.90 Å². The van der Waals surface area contributed by atoms with Crippen LogP contribution in [0.1, 0.15) is 12.5 Å². The molecule has 1 atom stereocenters. The van der Waals surface area contributed by atoms with Crippen LogP contribution in [0.2, 0.25) is 0 Å². The van der Waals surface area contributed by atoms with E-state index in [1.807, 2.05) is 6.07 Å². The zero-order valence-electron chi connectivity index (χ0n) is 8.56. The Kier molecular flexibility index (Phi) is 2.00. The number of rotatable bonds is 1. The summed E-state index contributed by atoms with van der Waals surface area (Å²) in [6.45, 7) is 1.60. The first-order chi connectivity index (χ1) is 7.05. The van der Waals surface area contributed by atoms with Crippen molar-refractivity contribution < 1.29 is 14.3 Å². The highest BCUT2D eigenvalue weighted by molar-refractivity contribution is 6.02. The van der Waals surface area contributed by atoms with Gasteiger partial charge in [0, 0.05) is 12.6 Å². The van der Waals surface area contributed by atoms with Crippen LogP contribution in [0.4, 0.5) is 4.79 Å². The highest BCUT2D eigenvalue weighted by Gasteiger charge is 2.49. The Morgan fingerprint density at radius 2 is 1.80 bits per heavy atom. The number of benzene rings is 1. The minimum Gasteiger partial charge on any atom is -0.428 e. The van der Waals surface area contributed by atoms with E-state index >= 15 is 0 Å². The van der Waals surface area contributed by atoms with Crippen molar-refractivity contribution in [2.45, 2.75) is 12.5 Å². The summed E-state index contributed by atoms with van der Waals surface area (Å²) in [6.07, 6.45) is -0.605. The Balaban J connectivity index is 2.45. The molecule has 1 aromatic rings. The number of imide groups is 1. The van der Waals surface area contributed by atoms with Crippen LogP contribution in [0.15, 0.2) is 30.3 Å². The molecule has 1 aliphatic rings. The Morgan fingerprint density at radius 1 is 1.20 bits per heavy atom. The van der Waals surface area contributed by atoms with Gasteiger partial charge in [-0.1, -0.05) is 30.3 Å². The van der Waals surface area contributed by atoms with Gasteiger partial charge in [-0.25, -0.2) is 9.69 Å². The van der Waals surface area contributed by atoms with Gasteiger partial charge in [0.25, 0.3) is 5.91 Å². The van der Waals surface area contributed by atoms with E-state index in [9.17, 15) is 9.59 Å². The molecule has 0 aromatic heterocycles. The molecule has 1 fully saturated rings. The van der Waals surface area contributed by atoms with Crippen molar-refractivity contribution in [2.75, 3.05) is 7.05 Å². The molecular weight excluding hydrogens is 194 g/mol. The second kappa shape index (κ2) is 3.08. The first-order valence-electron chi connectivity index (χ1n) is 4.62. The van der Waals surface area contributed by atoms with Gasteiger partial charge in [0.05, 0.1) is 0 Å². The molecule has 0 spiro atoms. The molecule has 0 bridgehead atoms. The largest absolute Gasteiger partial charge is 0.428 e. The summed E-state index contributed by atoms with van der Waals surface area (Å²) in [7, 11) is 1.42. The van der Waals surface area contributed by atoms with E-state index in [0.29, 0.717) is 5.56 Å². The second-order valence-electron chi connectivity index (χ2n) is 3.63. The summed E-state index contributed by atoms with van der Waals surface area (Å²) in [6, 6.07) is 8.99. The third-order valence-corrected chi connectivity index (χ3v) is 2.60. The number of hydrogen-bond donors (Lipinski definition) is 0. The van der Waals surface area contributed by atoms with E-state index in [1.54, 1.807) is 31.2 Å². The van der Waals surface area contributed by atoms with E-state index in [-0.39, 0.29) is 5.91 Å². The molecule has 4 heteroatoms. The summed E-state index contributed by atoms with van der Waals surface area (Å²) in [5.41, 5.74) is -0.486. The van der Waals surface area contributed by atoms with Crippen molar-refractivity contribution in [3.8, 4) is 0 Å². The number of cyclic esters (lactones) is 1. The summed E-state index contributed by atoms with van der Waals surface area (Å²) in [5.74, 6) is -0.335. The predicted octanol–water partition coefficient (Wildman–Crippen LogP) is 1.51. The summed E-state index contributed by atoms with van der Waals surface area (Å²) in [4.78, 5) is 24.1. The lowest BCUT2D eigenvalue weighted by Crippen LogP contribution is -2.34. The van der Waals surface area contributed by atoms with Crippen LogP contribution in [-0.2, 0) is 15.1 Å². The van der Waals surface area contributed by atoms with E-state index in [1.165, 1.54) is 7.05 Å². The first-order valence-corrected chi connectivity index (χ1v) is 4.62. The molecule has 1 heterocycles. The number of likely N-dealkylation sites (N-methyl/N-ethyl adjacent to an activating group) is 1. The molecule has 0 radical (unpaired) electrons. The third-order valence-electron chi connectivity index (χ3n) is 2.60. The van der Waals surface area contributed by atoms with Gasteiger partial charge >= 0.3 is 6.09 Å². The summed E-state index contributed by atoms with van der Waals surface area (Å²) >= 11 is 0. The predicted molar refractivity (Wildman–Crippen MR) is 53.0 cm³/mol. The zero-order chi connectivity index (χ0) is 11.1. The van der Waals surface area contributed by atoms with Gasteiger partial charge < -0.3 is 4.74 Å². The van der Waals surface area contributed by atoms with Gasteiger partial charge in [0.15, 0.2) is 0 Å². The Hall–Kier alpha value is -1.84. The minimum atomic E-state index is -1.17. The lowest BCUT2D eigenvalue weighted by molar-refractivity contribution is -0.135. The minimum absolute atomic E-state index is 0.335. The van der Waals surface area contributed by atoms with Crippen molar-refractivity contribution in [2.24, 2.45) is 0 Å². The third kappa shape index (κ3) is 1.29. The van der Waals surface area contributed by atoms with Crippen LogP contribution in [0.3, 0.4) is 0 Å². The monoisotopic (exact) mass is 205 g/mol. The molecule has 2 rings (SSSR count). The van der Waals surface area contributed by atoms with Crippen molar-refractivity contribution in [1.29, 1.82) is 0 Å². The van der Waals surface area contributed by atoms with Crippen LogP contribution in [0, 0.1) is 0 Å². The maximum absolute atomic E-state index is 11.8. The van der Waals surface area contributed by atoms with Crippen LogP contribution in [0.5, 0.6) is 0 Å². The van der Waals surface area contributed by atoms with Crippen LogP contribution < -0.4 is 0 Å². The fourth-order valence-electron chi connectivity index (χ4n) is 1.63. The number of carbonyl (C=O) groups is 2. The van der Waals surface area contributed by atoms with Crippen LogP contribution in [-0.4, -0.2) is 23.9 Å². The molecule has 1 aromatic carbocycles. The topological polar surface area (TPSA) is 46.6 Å². The summed E-state index contributed by atoms with van der Waals surface area (Å²) < 4.78 is 5.10. The maximum atomic E-state index is 11.8. The fraction of sp³-hybridized carbons (Fsp3) is 0.273. The highest BCUT2D eigenvalue weighted by Crippen LogP contribution is 2.32. The van der Waals surface area contributed by atoms with Crippen molar-refractivity contribution in [3.05, 3.63) is 35.9 Å². The SMILES string of the molecule is CN1C(=O)O[C@](C)(c2ccccc2)C1=O. The van der Waals surface area contributed by atoms with Gasteiger partial charge in [-0.2, -0.15) is 0 Å². The number of nitrogens with zero attached hydrogens (tertiary/aromatic N) is 1. The molecule has 0 saturated carbocycles. The number of amides is 2. The Bertz CT molecular complexity index is 415. The lowest BCUT2D eigenvalue weighted by atomic mass is 9.95. The molecule has 4 nitrogen and oxygen atoms in total. The molecule has 0 aliphatic carbocycles. The smallest absolute Gasteiger partial charge is 0.417 e. The van der Waals surface area contributed by atoms with Gasteiger partial charge in [0.2, 0.25) is 5.60 Å². The Labute approximate surface area is 87.4 Å². The number of carbonyl (C=O) groups excluding carboxylic acids is 2. The van der Waals surface area contributed by atoms with E-state index < -0.39 is 11.7 Å². The van der Waals surface area contributed by atoms with E-state index in [4.69, 9.17) is 4.74 Å². The maximum Gasteiger partial charge on any atom is 0.417 e. The van der Waals surface area contributed by atoms with Crippen molar-refractivity contribution in [3.63, 3.8) is 0 Å². The molecular formula is C11H11NO3. The van der Waals surface area contributed by atoms with Crippen LogP contribution >= 0.6 is 0 Å². The Morgan fingerprint density at radius 3 is 2.27 bits per heavy atom.